The molecule has 0 bridgehead atoms. The summed E-state index contributed by atoms with van der Waals surface area (Å²) in [6.45, 7) is 16.6. The lowest BCUT2D eigenvalue weighted by Crippen LogP contribution is -2.15. The number of carbonyl (C=O) groups excluding carboxylic acids is 2. The summed E-state index contributed by atoms with van der Waals surface area (Å²) in [5.41, 5.74) is 0.727. The fourth-order valence-corrected chi connectivity index (χ4v) is 2.07. The van der Waals surface area contributed by atoms with Crippen molar-refractivity contribution >= 4 is 11.9 Å². The quantitative estimate of drug-likeness (QED) is 0.0793. The van der Waals surface area contributed by atoms with E-state index < -0.39 is 11.9 Å². The van der Waals surface area contributed by atoms with Crippen LogP contribution in [0.1, 0.15) is 13.8 Å². The largest absolute Gasteiger partial charge is 0.460 e. The molecule has 0 aromatic rings. The van der Waals surface area contributed by atoms with Crippen LogP contribution in [-0.4, -0.2) is 141 Å². The molecule has 2 N–H and O–H groups in total. The van der Waals surface area contributed by atoms with Crippen LogP contribution in [0.2, 0.25) is 0 Å². The van der Waals surface area contributed by atoms with Crippen molar-refractivity contribution in [3.05, 3.63) is 24.3 Å². The van der Waals surface area contributed by atoms with Gasteiger partial charge in [-0.25, -0.2) is 9.59 Å². The molecule has 0 saturated carbocycles. The lowest BCUT2D eigenvalue weighted by molar-refractivity contribution is -0.141. The maximum Gasteiger partial charge on any atom is 0.333 e. The lowest BCUT2D eigenvalue weighted by Gasteiger charge is -2.08. The van der Waals surface area contributed by atoms with E-state index in [9.17, 15) is 9.59 Å². The van der Waals surface area contributed by atoms with Gasteiger partial charge < -0.3 is 52.8 Å². The number of ether oxygens (including phenoxy) is 9. The highest BCUT2D eigenvalue weighted by Crippen LogP contribution is 1.93. The van der Waals surface area contributed by atoms with Gasteiger partial charge in [0.05, 0.1) is 106 Å². The van der Waals surface area contributed by atoms with E-state index in [2.05, 4.69) is 13.2 Å². The molecule has 13 nitrogen and oxygen atoms in total. The molecule has 0 atom stereocenters. The Hall–Kier alpha value is -1.94. The van der Waals surface area contributed by atoms with E-state index in [4.69, 9.17) is 52.8 Å². The van der Waals surface area contributed by atoms with Gasteiger partial charge in [0.1, 0.15) is 13.2 Å². The minimum atomic E-state index is -0.420. The molecule has 0 aliphatic rings. The average molecular weight is 569 g/mol. The molecule has 0 aliphatic heterocycles. The smallest absolute Gasteiger partial charge is 0.333 e. The van der Waals surface area contributed by atoms with Crippen molar-refractivity contribution in [3.63, 3.8) is 0 Å². The molecule has 0 radical (unpaired) electrons. The molecule has 0 unspecified atom stereocenters. The van der Waals surface area contributed by atoms with Gasteiger partial charge in [0, 0.05) is 11.1 Å². The first kappa shape index (κ1) is 39.2. The van der Waals surface area contributed by atoms with Crippen molar-refractivity contribution in [1.29, 1.82) is 0 Å². The third-order valence-electron chi connectivity index (χ3n) is 3.95. The number of hydrogen-bond donors (Lipinski definition) is 2. The summed E-state index contributed by atoms with van der Waals surface area (Å²) < 4.78 is 45.8. The summed E-state index contributed by atoms with van der Waals surface area (Å²) >= 11 is 0. The Balaban J connectivity index is 0. The maximum atomic E-state index is 11.0. The summed E-state index contributed by atoms with van der Waals surface area (Å²) in [4.78, 5) is 22.1. The van der Waals surface area contributed by atoms with Crippen LogP contribution in [0.15, 0.2) is 24.3 Å². The second-order valence-corrected chi connectivity index (χ2v) is 7.57. The Kier molecular flexibility index (Phi) is 32.4. The third-order valence-corrected chi connectivity index (χ3v) is 3.95. The zero-order valence-electron chi connectivity index (χ0n) is 23.5. The summed E-state index contributed by atoms with van der Waals surface area (Å²) in [5.74, 6) is -0.841. The van der Waals surface area contributed by atoms with E-state index in [0.29, 0.717) is 104 Å². The second-order valence-electron chi connectivity index (χ2n) is 7.57. The molecule has 0 rings (SSSR count). The van der Waals surface area contributed by atoms with Gasteiger partial charge in [-0.3, -0.25) is 0 Å². The summed E-state index contributed by atoms with van der Waals surface area (Å²) in [5, 5.41) is 16.8. The van der Waals surface area contributed by atoms with E-state index in [1.54, 1.807) is 13.8 Å². The Morgan fingerprint density at radius 1 is 0.436 bits per heavy atom. The van der Waals surface area contributed by atoms with E-state index >= 15 is 0 Å². The minimum Gasteiger partial charge on any atom is -0.460 e. The molecule has 13 heteroatoms. The minimum absolute atomic E-state index is 0.0386. The first-order valence-electron chi connectivity index (χ1n) is 12.8. The van der Waals surface area contributed by atoms with Crippen molar-refractivity contribution in [2.45, 2.75) is 13.8 Å². The second kappa shape index (κ2) is 32.3. The summed E-state index contributed by atoms with van der Waals surface area (Å²) in [7, 11) is 0. The highest BCUT2D eigenvalue weighted by molar-refractivity contribution is 5.87. The molecule has 0 aromatic carbocycles. The number of carbonyl (C=O) groups is 2. The molecule has 0 fully saturated rings. The average Bonchev–Trinajstić information content (AvgIpc) is 2.91. The number of rotatable bonds is 27. The van der Waals surface area contributed by atoms with Gasteiger partial charge in [0.15, 0.2) is 0 Å². The molecule has 39 heavy (non-hydrogen) atoms. The molecule has 230 valence electrons. The zero-order valence-corrected chi connectivity index (χ0v) is 23.5. The fraction of sp³-hybridized carbons (Fsp3) is 0.769. The Bertz CT molecular complexity index is 548. The molecule has 0 spiro atoms. The molecule has 0 amide bonds. The van der Waals surface area contributed by atoms with Crippen LogP contribution in [0.3, 0.4) is 0 Å². The van der Waals surface area contributed by atoms with Crippen molar-refractivity contribution < 1.29 is 62.4 Å². The highest BCUT2D eigenvalue weighted by atomic mass is 16.6. The van der Waals surface area contributed by atoms with Crippen molar-refractivity contribution in [2.75, 3.05) is 119 Å². The first-order chi connectivity index (χ1) is 18.9. The van der Waals surface area contributed by atoms with E-state index in [1.165, 1.54) is 0 Å². The number of hydrogen-bond acceptors (Lipinski definition) is 13. The molecule has 0 aromatic heterocycles. The Morgan fingerprint density at radius 2 is 0.641 bits per heavy atom. The Morgan fingerprint density at radius 3 is 0.846 bits per heavy atom. The molecule has 0 aliphatic carbocycles. The molecular formula is C26H48O13. The van der Waals surface area contributed by atoms with Gasteiger partial charge in [0.25, 0.3) is 0 Å². The highest BCUT2D eigenvalue weighted by Gasteiger charge is 2.03. The van der Waals surface area contributed by atoms with Gasteiger partial charge in [-0.05, 0) is 13.8 Å². The topological polar surface area (TPSA) is 158 Å². The first-order valence-corrected chi connectivity index (χ1v) is 12.8. The summed E-state index contributed by atoms with van der Waals surface area (Å²) in [6, 6.07) is 0. The maximum absolute atomic E-state index is 11.0. The van der Waals surface area contributed by atoms with Gasteiger partial charge >= 0.3 is 11.9 Å². The van der Waals surface area contributed by atoms with Crippen LogP contribution in [0.25, 0.3) is 0 Å². The zero-order chi connectivity index (χ0) is 29.4. The SMILES string of the molecule is C=C(C)C(=O)OCCOCCOCCOCCOC(=O)C(=C)C.OCCOCCOCCOCCOCCO. The van der Waals surface area contributed by atoms with Gasteiger partial charge in [0.2, 0.25) is 0 Å². The fourth-order valence-electron chi connectivity index (χ4n) is 2.07. The normalized spacial score (nSPS) is 10.5. The predicted octanol–water partition coefficient (Wildman–Crippen LogP) is 0.312. The third kappa shape index (κ3) is 34.0. The number of esters is 2. The van der Waals surface area contributed by atoms with Crippen LogP contribution in [0.4, 0.5) is 0 Å². The monoisotopic (exact) mass is 568 g/mol. The van der Waals surface area contributed by atoms with E-state index in [-0.39, 0.29) is 26.4 Å². The van der Waals surface area contributed by atoms with Crippen molar-refractivity contribution in [3.8, 4) is 0 Å². The number of aliphatic hydroxyl groups excluding tert-OH is 2. The Labute approximate surface area is 231 Å². The molecular weight excluding hydrogens is 520 g/mol. The van der Waals surface area contributed by atoms with Crippen LogP contribution in [0.5, 0.6) is 0 Å². The van der Waals surface area contributed by atoms with Crippen molar-refractivity contribution in [1.82, 2.24) is 0 Å². The van der Waals surface area contributed by atoms with Crippen molar-refractivity contribution in [2.24, 2.45) is 0 Å². The standard InChI is InChI=1S/C16H26O7.C10H22O6/c1-13(2)15(17)22-11-9-20-7-5-19-6-8-21-10-12-23-16(18)14(3)4;11-1-3-13-5-7-15-9-10-16-8-6-14-4-2-12/h1,3,5-12H2,2,4H3;11-12H,1-10H2. The van der Waals surface area contributed by atoms with Crippen LogP contribution < -0.4 is 0 Å². The lowest BCUT2D eigenvalue weighted by atomic mass is 10.4. The van der Waals surface area contributed by atoms with Crippen LogP contribution in [0, 0.1) is 0 Å². The van der Waals surface area contributed by atoms with E-state index in [0.717, 1.165) is 0 Å². The van der Waals surface area contributed by atoms with Gasteiger partial charge in [-0.1, -0.05) is 13.2 Å². The molecule has 0 heterocycles. The van der Waals surface area contributed by atoms with E-state index in [1.807, 2.05) is 0 Å². The van der Waals surface area contributed by atoms with Crippen LogP contribution >= 0.6 is 0 Å². The molecule has 0 saturated heterocycles. The van der Waals surface area contributed by atoms with Gasteiger partial charge in [-0.15, -0.1) is 0 Å². The summed E-state index contributed by atoms with van der Waals surface area (Å²) in [6.07, 6.45) is 0. The van der Waals surface area contributed by atoms with Gasteiger partial charge in [-0.2, -0.15) is 0 Å². The number of aliphatic hydroxyl groups is 2. The van der Waals surface area contributed by atoms with Crippen LogP contribution in [-0.2, 0) is 52.2 Å². The predicted molar refractivity (Wildman–Crippen MR) is 141 cm³/mol.